The average molecular weight is 539 g/mol. The summed E-state index contributed by atoms with van der Waals surface area (Å²) in [7, 11) is -1.79. The van der Waals surface area contributed by atoms with Crippen molar-refractivity contribution in [1.82, 2.24) is 0 Å². The van der Waals surface area contributed by atoms with Crippen LogP contribution in [-0.4, -0.2) is 11.5 Å². The van der Waals surface area contributed by atoms with E-state index in [1.807, 2.05) is 30.3 Å². The summed E-state index contributed by atoms with van der Waals surface area (Å²) in [5, 5.41) is 0. The van der Waals surface area contributed by atoms with Gasteiger partial charge in [-0.2, -0.15) is 0 Å². The molecule has 0 aliphatic rings. The van der Waals surface area contributed by atoms with Gasteiger partial charge in [-0.3, -0.25) is 0 Å². The lowest BCUT2D eigenvalue weighted by atomic mass is 10.0. The Morgan fingerprint density at radius 2 is 1.00 bits per heavy atom. The van der Waals surface area contributed by atoms with Gasteiger partial charge in [-0.05, 0) is 24.5 Å². The molecule has 37 heavy (non-hydrogen) atoms. The molecule has 0 fully saturated rings. The van der Waals surface area contributed by atoms with Crippen LogP contribution in [0, 0.1) is 5.92 Å². The van der Waals surface area contributed by atoms with Crippen molar-refractivity contribution in [3.63, 3.8) is 0 Å². The van der Waals surface area contributed by atoms with Crippen LogP contribution in [0.1, 0.15) is 163 Å². The first-order chi connectivity index (χ1) is 18.1. The highest BCUT2D eigenvalue weighted by Gasteiger charge is 2.08. The van der Waals surface area contributed by atoms with Gasteiger partial charge < -0.3 is 13.9 Å². The molecule has 1 rings (SSSR count). The van der Waals surface area contributed by atoms with Crippen molar-refractivity contribution < 1.29 is 13.9 Å². The quantitative estimate of drug-likeness (QED) is 0.0993. The topological polar surface area (TPSA) is 38.7 Å². The van der Waals surface area contributed by atoms with Crippen LogP contribution in [0.2, 0.25) is 0 Å². The van der Waals surface area contributed by atoms with Gasteiger partial charge in [0.15, 0.2) is 0 Å². The van der Waals surface area contributed by atoms with Gasteiger partial charge in [0.25, 0.3) is 0 Å². The van der Waals surface area contributed by atoms with Crippen LogP contribution in [0.3, 0.4) is 0 Å². The van der Waals surface area contributed by atoms with Crippen molar-refractivity contribution in [3.8, 4) is 5.75 Å². The van der Waals surface area contributed by atoms with Crippen LogP contribution < -0.4 is 4.52 Å². The minimum absolute atomic E-state index is 0.575. The lowest BCUT2D eigenvalue weighted by molar-refractivity contribution is 0.253. The number of benzene rings is 1. The third kappa shape index (κ3) is 29.8. The minimum atomic E-state index is -1.79. The Kier molecular flexibility index (Phi) is 29.4. The maximum Gasteiger partial charge on any atom is 0.394 e. The summed E-state index contributed by atoms with van der Waals surface area (Å²) in [6.07, 6.45) is 29.0. The highest BCUT2D eigenvalue weighted by molar-refractivity contribution is 7.41. The van der Waals surface area contributed by atoms with Gasteiger partial charge in [-0.1, -0.05) is 174 Å². The van der Waals surface area contributed by atoms with E-state index in [-0.39, 0.29) is 0 Å². The summed E-state index contributed by atoms with van der Waals surface area (Å²) in [5.41, 5.74) is 0. The second kappa shape index (κ2) is 29.9. The molecule has 0 bridgehead atoms. The van der Waals surface area contributed by atoms with Crippen molar-refractivity contribution in [3.05, 3.63) is 30.3 Å². The summed E-state index contributed by atoms with van der Waals surface area (Å²) >= 11 is 0. The van der Waals surface area contributed by atoms with E-state index >= 15 is 0 Å². The van der Waals surface area contributed by atoms with E-state index in [0.717, 1.165) is 12.3 Å². The van der Waals surface area contributed by atoms with Gasteiger partial charge in [-0.25, -0.2) is 0 Å². The Morgan fingerprint density at radius 1 is 0.595 bits per heavy atom. The van der Waals surface area contributed by atoms with Gasteiger partial charge in [0.2, 0.25) is 0 Å². The molecule has 0 saturated heterocycles. The smallest absolute Gasteiger partial charge is 0.394 e. The van der Waals surface area contributed by atoms with E-state index in [0.29, 0.717) is 12.4 Å². The summed E-state index contributed by atoms with van der Waals surface area (Å²) < 4.78 is 10.6. The van der Waals surface area contributed by atoms with Crippen molar-refractivity contribution >= 4 is 8.60 Å². The number of rotatable bonds is 25. The molecule has 1 atom stereocenters. The third-order valence-corrected chi connectivity index (χ3v) is 7.53. The Bertz CT molecular complexity index is 538. The first kappa shape index (κ1) is 36.4. The molecule has 0 aliphatic carbocycles. The summed E-state index contributed by atoms with van der Waals surface area (Å²) in [5.74, 6) is 1.55. The average Bonchev–Trinajstić information content (AvgIpc) is 2.89. The van der Waals surface area contributed by atoms with Crippen LogP contribution in [0.4, 0.5) is 0 Å². The van der Waals surface area contributed by atoms with E-state index in [9.17, 15) is 4.89 Å². The Labute approximate surface area is 233 Å². The molecule has 0 aliphatic heterocycles. The molecular weight excluding hydrogens is 475 g/mol. The minimum Gasteiger partial charge on any atom is -0.427 e. The molecule has 0 saturated carbocycles. The number of para-hydroxylation sites is 1. The van der Waals surface area contributed by atoms with Gasteiger partial charge in [0, 0.05) is 0 Å². The molecule has 218 valence electrons. The lowest BCUT2D eigenvalue weighted by Gasteiger charge is -2.11. The number of hydrogen-bond donors (Lipinski definition) is 1. The SMILES string of the molecule is CCCCCCCCCCCCC(C)C.CCCCCCCCCCCCOP(O)Oc1ccccc1. The van der Waals surface area contributed by atoms with Crippen LogP contribution in [0.25, 0.3) is 0 Å². The molecule has 1 aromatic rings. The fourth-order valence-corrected chi connectivity index (χ4v) is 5.01. The molecule has 4 heteroatoms. The molecule has 1 N–H and O–H groups in total. The van der Waals surface area contributed by atoms with E-state index < -0.39 is 8.60 Å². The van der Waals surface area contributed by atoms with Crippen molar-refractivity contribution in [2.75, 3.05) is 6.61 Å². The van der Waals surface area contributed by atoms with Gasteiger partial charge in [0.05, 0.1) is 6.61 Å². The van der Waals surface area contributed by atoms with Crippen molar-refractivity contribution in [2.24, 2.45) is 5.92 Å². The highest BCUT2D eigenvalue weighted by atomic mass is 31.2. The second-order valence-electron chi connectivity index (χ2n) is 11.0. The van der Waals surface area contributed by atoms with Crippen molar-refractivity contribution in [2.45, 2.75) is 163 Å². The monoisotopic (exact) mass is 538 g/mol. The maximum atomic E-state index is 9.67. The van der Waals surface area contributed by atoms with Gasteiger partial charge >= 0.3 is 8.60 Å². The first-order valence-electron chi connectivity index (χ1n) is 15.9. The van der Waals surface area contributed by atoms with Crippen LogP contribution in [0.5, 0.6) is 5.75 Å². The molecule has 1 unspecified atom stereocenters. The summed E-state index contributed by atoms with van der Waals surface area (Å²) in [4.78, 5) is 9.67. The Morgan fingerprint density at radius 3 is 1.43 bits per heavy atom. The molecule has 0 aromatic heterocycles. The van der Waals surface area contributed by atoms with E-state index in [2.05, 4.69) is 27.7 Å². The standard InChI is InChI=1S/C18H31O3P.C15H32/c1-2-3-4-5-6-7-8-9-10-14-17-20-22(19)21-18-15-12-11-13-16-18;1-4-5-6-7-8-9-10-11-12-13-14-15(2)3/h11-13,15-16,19H,2-10,14,17H2,1H3;15H,4-14H2,1-3H3. The number of unbranched alkanes of at least 4 members (excludes halogenated alkanes) is 18. The fourth-order valence-electron chi connectivity index (χ4n) is 4.37. The zero-order valence-electron chi connectivity index (χ0n) is 25.2. The molecule has 3 nitrogen and oxygen atoms in total. The zero-order chi connectivity index (χ0) is 27.2. The van der Waals surface area contributed by atoms with Crippen molar-refractivity contribution in [1.29, 1.82) is 0 Å². The summed E-state index contributed by atoms with van der Waals surface area (Å²) in [6, 6.07) is 9.30. The van der Waals surface area contributed by atoms with Crippen LogP contribution >= 0.6 is 8.60 Å². The predicted octanol–water partition coefficient (Wildman–Crippen LogP) is 12.2. The largest absolute Gasteiger partial charge is 0.427 e. The fraction of sp³-hybridized carbons (Fsp3) is 0.818. The van der Waals surface area contributed by atoms with Gasteiger partial charge in [-0.15, -0.1) is 0 Å². The first-order valence-corrected chi connectivity index (χ1v) is 17.1. The Hall–Kier alpha value is -0.630. The molecule has 0 spiro atoms. The normalized spacial score (nSPS) is 11.8. The highest BCUT2D eigenvalue weighted by Crippen LogP contribution is 2.34. The maximum absolute atomic E-state index is 9.67. The van der Waals surface area contributed by atoms with E-state index in [4.69, 9.17) is 9.05 Å². The molecule has 0 amide bonds. The van der Waals surface area contributed by atoms with Gasteiger partial charge in [0.1, 0.15) is 5.75 Å². The van der Waals surface area contributed by atoms with Crippen LogP contribution in [0.15, 0.2) is 30.3 Å². The molecule has 0 heterocycles. The third-order valence-electron chi connectivity index (χ3n) is 6.76. The van der Waals surface area contributed by atoms with Crippen LogP contribution in [-0.2, 0) is 4.52 Å². The van der Waals surface area contributed by atoms with E-state index in [1.165, 1.54) is 128 Å². The molecule has 0 radical (unpaired) electrons. The molecular formula is C33H63O3P. The second-order valence-corrected chi connectivity index (χ2v) is 11.9. The van der Waals surface area contributed by atoms with E-state index in [1.54, 1.807) is 0 Å². The predicted molar refractivity (Wildman–Crippen MR) is 165 cm³/mol. The number of hydrogen-bond acceptors (Lipinski definition) is 3. The molecule has 1 aromatic carbocycles. The summed E-state index contributed by atoms with van der Waals surface area (Å²) in [6.45, 7) is 9.77. The Balaban J connectivity index is 0.000000757. The zero-order valence-corrected chi connectivity index (χ0v) is 26.1. The lowest BCUT2D eigenvalue weighted by Crippen LogP contribution is -1.95.